The van der Waals surface area contributed by atoms with Crippen molar-refractivity contribution in [1.82, 2.24) is 4.98 Å². The van der Waals surface area contributed by atoms with Crippen molar-refractivity contribution in [2.24, 2.45) is 0 Å². The normalized spacial score (nSPS) is 12.6. The van der Waals surface area contributed by atoms with E-state index in [0.29, 0.717) is 0 Å². The molecule has 0 aliphatic carbocycles. The Bertz CT molecular complexity index is 438. The molecule has 1 atom stereocenters. The first kappa shape index (κ1) is 11.3. The molecule has 0 aliphatic heterocycles. The number of thiophene rings is 1. The molecule has 16 heavy (non-hydrogen) atoms. The Labute approximate surface area is 99.6 Å². The highest BCUT2D eigenvalue weighted by Gasteiger charge is 2.11. The van der Waals surface area contributed by atoms with E-state index in [4.69, 9.17) is 0 Å². The van der Waals surface area contributed by atoms with Gasteiger partial charge in [-0.25, -0.2) is 0 Å². The molecule has 0 fully saturated rings. The maximum atomic E-state index is 10.0. The van der Waals surface area contributed by atoms with Crippen molar-refractivity contribution in [3.05, 3.63) is 52.0 Å². The highest BCUT2D eigenvalue weighted by Crippen LogP contribution is 2.26. The van der Waals surface area contributed by atoms with Crippen LogP contribution in [0.3, 0.4) is 0 Å². The highest BCUT2D eigenvalue weighted by atomic mass is 32.1. The van der Waals surface area contributed by atoms with Crippen molar-refractivity contribution in [2.75, 3.05) is 0 Å². The topological polar surface area (TPSA) is 33.1 Å². The molecule has 2 rings (SSSR count). The maximum absolute atomic E-state index is 10.0. The van der Waals surface area contributed by atoms with Crippen molar-refractivity contribution >= 4 is 11.3 Å². The average Bonchev–Trinajstić information content (AvgIpc) is 2.74. The standard InChI is InChI=1S/C13H15NOS/c1-10-7-9-16-13(10)12(15)6-5-11-4-2-3-8-14-11/h2-4,7-9,12,15H,5-6H2,1H3. The van der Waals surface area contributed by atoms with Crippen molar-refractivity contribution in [3.8, 4) is 0 Å². The molecular formula is C13H15NOS. The number of aliphatic hydroxyl groups is 1. The molecule has 2 aromatic rings. The second kappa shape index (κ2) is 5.23. The lowest BCUT2D eigenvalue weighted by Gasteiger charge is -2.09. The average molecular weight is 233 g/mol. The number of aryl methyl sites for hydroxylation is 2. The third-order valence-electron chi connectivity index (χ3n) is 2.60. The fourth-order valence-corrected chi connectivity index (χ4v) is 2.64. The van der Waals surface area contributed by atoms with Crippen LogP contribution < -0.4 is 0 Å². The van der Waals surface area contributed by atoms with Gasteiger partial charge in [-0.1, -0.05) is 6.07 Å². The van der Waals surface area contributed by atoms with Gasteiger partial charge in [0, 0.05) is 16.8 Å². The van der Waals surface area contributed by atoms with Crippen molar-refractivity contribution in [2.45, 2.75) is 25.9 Å². The van der Waals surface area contributed by atoms with Crippen LogP contribution in [0, 0.1) is 6.92 Å². The van der Waals surface area contributed by atoms with E-state index in [1.54, 1.807) is 17.5 Å². The fraction of sp³-hybridized carbons (Fsp3) is 0.308. The predicted octanol–water partition coefficient (Wildman–Crippen LogP) is 3.12. The number of aliphatic hydroxyl groups excluding tert-OH is 1. The molecule has 0 amide bonds. The number of hydrogen-bond acceptors (Lipinski definition) is 3. The van der Waals surface area contributed by atoms with E-state index in [1.807, 2.05) is 36.6 Å². The van der Waals surface area contributed by atoms with E-state index in [9.17, 15) is 5.11 Å². The van der Waals surface area contributed by atoms with Crippen LogP contribution in [0.4, 0.5) is 0 Å². The summed E-state index contributed by atoms with van der Waals surface area (Å²) in [5.41, 5.74) is 2.22. The van der Waals surface area contributed by atoms with E-state index in [1.165, 1.54) is 5.56 Å². The summed E-state index contributed by atoms with van der Waals surface area (Å²) >= 11 is 1.62. The first-order valence-electron chi connectivity index (χ1n) is 5.39. The summed E-state index contributed by atoms with van der Waals surface area (Å²) in [6.45, 7) is 2.04. The lowest BCUT2D eigenvalue weighted by molar-refractivity contribution is 0.170. The quantitative estimate of drug-likeness (QED) is 0.880. The van der Waals surface area contributed by atoms with Gasteiger partial charge in [-0.2, -0.15) is 0 Å². The van der Waals surface area contributed by atoms with Gasteiger partial charge in [0.05, 0.1) is 6.10 Å². The van der Waals surface area contributed by atoms with Crippen LogP contribution in [-0.2, 0) is 6.42 Å². The summed E-state index contributed by atoms with van der Waals surface area (Å²) in [6, 6.07) is 7.92. The van der Waals surface area contributed by atoms with Gasteiger partial charge in [0.25, 0.3) is 0 Å². The number of pyridine rings is 1. The third-order valence-corrected chi connectivity index (χ3v) is 3.72. The van der Waals surface area contributed by atoms with Crippen LogP contribution in [0.25, 0.3) is 0 Å². The van der Waals surface area contributed by atoms with Gasteiger partial charge in [0.1, 0.15) is 0 Å². The second-order valence-electron chi connectivity index (χ2n) is 3.84. The molecule has 0 radical (unpaired) electrons. The lowest BCUT2D eigenvalue weighted by Crippen LogP contribution is -1.99. The highest BCUT2D eigenvalue weighted by molar-refractivity contribution is 7.10. The first-order chi connectivity index (χ1) is 7.77. The molecule has 2 heterocycles. The van der Waals surface area contributed by atoms with E-state index in [-0.39, 0.29) is 6.10 Å². The van der Waals surface area contributed by atoms with Crippen molar-refractivity contribution < 1.29 is 5.11 Å². The van der Waals surface area contributed by atoms with E-state index < -0.39 is 0 Å². The largest absolute Gasteiger partial charge is 0.388 e. The predicted molar refractivity (Wildman–Crippen MR) is 66.6 cm³/mol. The van der Waals surface area contributed by atoms with Gasteiger partial charge in [-0.15, -0.1) is 11.3 Å². The molecule has 1 unspecified atom stereocenters. The van der Waals surface area contributed by atoms with Gasteiger partial charge in [-0.05, 0) is 48.9 Å². The zero-order chi connectivity index (χ0) is 11.4. The Morgan fingerprint density at radius 3 is 2.88 bits per heavy atom. The number of hydrogen-bond donors (Lipinski definition) is 1. The Balaban J connectivity index is 1.94. The van der Waals surface area contributed by atoms with Crippen LogP contribution in [0.2, 0.25) is 0 Å². The van der Waals surface area contributed by atoms with Gasteiger partial charge in [0.15, 0.2) is 0 Å². The van der Waals surface area contributed by atoms with Gasteiger partial charge < -0.3 is 5.11 Å². The number of aromatic nitrogens is 1. The number of rotatable bonds is 4. The Morgan fingerprint density at radius 1 is 1.38 bits per heavy atom. The molecule has 3 heteroatoms. The SMILES string of the molecule is Cc1ccsc1C(O)CCc1ccccn1. The summed E-state index contributed by atoms with van der Waals surface area (Å²) in [6.07, 6.45) is 2.98. The number of nitrogens with zero attached hydrogens (tertiary/aromatic N) is 1. The van der Waals surface area contributed by atoms with E-state index >= 15 is 0 Å². The Kier molecular flexibility index (Phi) is 3.70. The van der Waals surface area contributed by atoms with Gasteiger partial charge in [0.2, 0.25) is 0 Å². The fourth-order valence-electron chi connectivity index (χ4n) is 1.69. The van der Waals surface area contributed by atoms with Crippen LogP contribution >= 0.6 is 11.3 Å². The van der Waals surface area contributed by atoms with Crippen LogP contribution in [-0.4, -0.2) is 10.1 Å². The molecule has 2 aromatic heterocycles. The smallest absolute Gasteiger partial charge is 0.0888 e. The zero-order valence-electron chi connectivity index (χ0n) is 9.26. The van der Waals surface area contributed by atoms with Crippen LogP contribution in [0.5, 0.6) is 0 Å². The molecule has 0 spiro atoms. The Hall–Kier alpha value is -1.19. The van der Waals surface area contributed by atoms with Gasteiger partial charge in [-0.3, -0.25) is 4.98 Å². The molecule has 0 saturated heterocycles. The molecule has 0 bridgehead atoms. The molecule has 0 aliphatic rings. The molecule has 0 aromatic carbocycles. The maximum Gasteiger partial charge on any atom is 0.0888 e. The molecule has 1 N–H and O–H groups in total. The summed E-state index contributed by atoms with van der Waals surface area (Å²) in [7, 11) is 0. The molecular weight excluding hydrogens is 218 g/mol. The Morgan fingerprint density at radius 2 is 2.25 bits per heavy atom. The van der Waals surface area contributed by atoms with Gasteiger partial charge >= 0.3 is 0 Å². The minimum atomic E-state index is -0.359. The molecule has 84 valence electrons. The monoisotopic (exact) mass is 233 g/mol. The van der Waals surface area contributed by atoms with E-state index in [2.05, 4.69) is 4.98 Å². The lowest BCUT2D eigenvalue weighted by atomic mass is 10.1. The molecule has 0 saturated carbocycles. The minimum absolute atomic E-state index is 0.359. The summed E-state index contributed by atoms with van der Waals surface area (Å²) in [5, 5.41) is 12.1. The first-order valence-corrected chi connectivity index (χ1v) is 6.27. The molecule has 2 nitrogen and oxygen atoms in total. The van der Waals surface area contributed by atoms with Crippen LogP contribution in [0.15, 0.2) is 35.8 Å². The van der Waals surface area contributed by atoms with E-state index in [0.717, 1.165) is 23.4 Å². The minimum Gasteiger partial charge on any atom is -0.388 e. The van der Waals surface area contributed by atoms with Crippen molar-refractivity contribution in [3.63, 3.8) is 0 Å². The second-order valence-corrected chi connectivity index (χ2v) is 4.79. The zero-order valence-corrected chi connectivity index (χ0v) is 10.1. The summed E-state index contributed by atoms with van der Waals surface area (Å²) < 4.78 is 0. The van der Waals surface area contributed by atoms with Crippen LogP contribution in [0.1, 0.15) is 28.7 Å². The van der Waals surface area contributed by atoms with Crippen molar-refractivity contribution in [1.29, 1.82) is 0 Å². The summed E-state index contributed by atoms with van der Waals surface area (Å²) in [5.74, 6) is 0. The summed E-state index contributed by atoms with van der Waals surface area (Å²) in [4.78, 5) is 5.33. The third kappa shape index (κ3) is 2.68.